The highest BCUT2D eigenvalue weighted by Crippen LogP contribution is 2.33. The monoisotopic (exact) mass is 607 g/mol. The van der Waals surface area contributed by atoms with Gasteiger partial charge in [-0.3, -0.25) is 14.2 Å². The van der Waals surface area contributed by atoms with E-state index in [9.17, 15) is 9.59 Å². The van der Waals surface area contributed by atoms with E-state index in [2.05, 4.69) is 16.0 Å². The molecule has 0 unspecified atom stereocenters. The molecule has 208 valence electrons. The van der Waals surface area contributed by atoms with E-state index >= 15 is 0 Å². The van der Waals surface area contributed by atoms with Crippen LogP contribution in [0.15, 0.2) is 107 Å². The second-order valence-corrected chi connectivity index (χ2v) is 13.0. The Morgan fingerprint density at radius 3 is 2.55 bits per heavy atom. The molecular formula is C32H25N5O2S3. The summed E-state index contributed by atoms with van der Waals surface area (Å²) in [6.45, 7) is 0.727. The van der Waals surface area contributed by atoms with Gasteiger partial charge in [0.2, 0.25) is 11.8 Å². The Kier molecular flexibility index (Phi) is 7.41. The van der Waals surface area contributed by atoms with Crippen molar-refractivity contribution in [2.24, 2.45) is 0 Å². The number of fused-ring (bicyclic) bond motifs is 3. The van der Waals surface area contributed by atoms with Crippen molar-refractivity contribution in [2.45, 2.75) is 15.9 Å². The first-order valence-electron chi connectivity index (χ1n) is 13.5. The van der Waals surface area contributed by atoms with Crippen LogP contribution in [0.3, 0.4) is 0 Å². The molecule has 2 amide bonds. The summed E-state index contributed by atoms with van der Waals surface area (Å²) in [6, 6.07) is 31.8. The third-order valence-electron chi connectivity index (χ3n) is 7.04. The average Bonchev–Trinajstić information content (AvgIpc) is 3.74. The summed E-state index contributed by atoms with van der Waals surface area (Å²) in [4.78, 5) is 37.2. The van der Waals surface area contributed by atoms with E-state index in [1.807, 2.05) is 95.9 Å². The summed E-state index contributed by atoms with van der Waals surface area (Å²) in [6.07, 6.45) is 0.897. The van der Waals surface area contributed by atoms with Crippen molar-refractivity contribution in [1.29, 1.82) is 0 Å². The van der Waals surface area contributed by atoms with Crippen LogP contribution in [0.4, 0.5) is 11.4 Å². The number of thioether (sulfide) groups is 2. The van der Waals surface area contributed by atoms with Crippen LogP contribution in [-0.4, -0.2) is 44.4 Å². The van der Waals surface area contributed by atoms with Gasteiger partial charge in [-0.1, -0.05) is 72.1 Å². The first-order valence-corrected chi connectivity index (χ1v) is 16.3. The highest BCUT2D eigenvalue weighted by Gasteiger charge is 2.24. The number of para-hydroxylation sites is 4. The number of imidazole rings is 1. The van der Waals surface area contributed by atoms with Gasteiger partial charge in [-0.15, -0.1) is 11.3 Å². The highest BCUT2D eigenvalue weighted by atomic mass is 32.2. The van der Waals surface area contributed by atoms with Gasteiger partial charge < -0.3 is 10.2 Å². The first kappa shape index (κ1) is 26.8. The molecule has 0 atom stereocenters. The number of amides is 2. The zero-order valence-electron chi connectivity index (χ0n) is 22.4. The number of carbonyl (C=O) groups is 2. The summed E-state index contributed by atoms with van der Waals surface area (Å²) in [5.74, 6) is 0.541. The van der Waals surface area contributed by atoms with Gasteiger partial charge in [0.1, 0.15) is 0 Å². The van der Waals surface area contributed by atoms with Crippen LogP contribution in [0.2, 0.25) is 0 Å². The van der Waals surface area contributed by atoms with E-state index in [0.29, 0.717) is 5.75 Å². The third kappa shape index (κ3) is 5.40. The number of anilines is 2. The summed E-state index contributed by atoms with van der Waals surface area (Å²) >= 11 is 4.40. The van der Waals surface area contributed by atoms with Gasteiger partial charge in [0.25, 0.3) is 0 Å². The van der Waals surface area contributed by atoms with Crippen molar-refractivity contribution in [1.82, 2.24) is 14.5 Å². The van der Waals surface area contributed by atoms with E-state index in [-0.39, 0.29) is 17.6 Å². The van der Waals surface area contributed by atoms with Crippen molar-refractivity contribution in [3.8, 4) is 5.69 Å². The largest absolute Gasteiger partial charge is 0.325 e. The normalized spacial score (nSPS) is 12.6. The molecule has 7 nitrogen and oxygen atoms in total. The number of hydrogen-bond donors (Lipinski definition) is 1. The quantitative estimate of drug-likeness (QED) is 0.187. The molecule has 0 fully saturated rings. The Morgan fingerprint density at radius 1 is 0.833 bits per heavy atom. The van der Waals surface area contributed by atoms with Crippen LogP contribution in [0.25, 0.3) is 26.9 Å². The molecule has 4 aromatic carbocycles. The number of nitrogens with one attached hydrogen (secondary N) is 1. The molecule has 42 heavy (non-hydrogen) atoms. The SMILES string of the molecule is O=C(CSc1nc2ccccc2n1-c1ccccc1)Nc1ccc2nc(SCC(=O)N3CCc4ccccc43)sc2c1. The molecule has 0 bridgehead atoms. The van der Waals surface area contributed by atoms with E-state index in [4.69, 9.17) is 9.97 Å². The lowest BCUT2D eigenvalue weighted by atomic mass is 10.2. The lowest BCUT2D eigenvalue weighted by Crippen LogP contribution is -2.30. The molecule has 0 radical (unpaired) electrons. The van der Waals surface area contributed by atoms with E-state index in [0.717, 1.165) is 60.8 Å². The van der Waals surface area contributed by atoms with Crippen LogP contribution in [0, 0.1) is 0 Å². The second kappa shape index (κ2) is 11.6. The minimum atomic E-state index is -0.110. The standard InChI is InChI=1S/C32H25N5O2S3/c38-29(19-40-31-34-24-11-5-7-13-27(24)37(31)23-9-2-1-3-10-23)33-22-14-15-25-28(18-22)42-32(35-25)41-20-30(39)36-17-16-21-8-4-6-12-26(21)36/h1-15,18H,16-17,19-20H2,(H,33,38). The second-order valence-electron chi connectivity index (χ2n) is 9.77. The summed E-state index contributed by atoms with van der Waals surface area (Å²) in [5, 5.41) is 3.79. The molecule has 10 heteroatoms. The molecule has 7 rings (SSSR count). The van der Waals surface area contributed by atoms with Gasteiger partial charge in [-0.2, -0.15) is 0 Å². The van der Waals surface area contributed by atoms with Gasteiger partial charge in [0.15, 0.2) is 9.50 Å². The molecule has 0 saturated carbocycles. The summed E-state index contributed by atoms with van der Waals surface area (Å²) in [5.41, 5.74) is 6.70. The number of hydrogen-bond acceptors (Lipinski definition) is 7. The highest BCUT2D eigenvalue weighted by molar-refractivity contribution is 8.01. The number of aromatic nitrogens is 3. The smallest absolute Gasteiger partial charge is 0.237 e. The van der Waals surface area contributed by atoms with Gasteiger partial charge in [0, 0.05) is 23.6 Å². The average molecular weight is 608 g/mol. The Balaban J connectivity index is 0.997. The molecule has 0 saturated heterocycles. The Bertz CT molecular complexity index is 1940. The fraction of sp³-hybridized carbons (Fsp3) is 0.125. The van der Waals surface area contributed by atoms with Crippen LogP contribution in [0.5, 0.6) is 0 Å². The van der Waals surface area contributed by atoms with Crippen molar-refractivity contribution >= 4 is 79.3 Å². The fourth-order valence-corrected chi connectivity index (χ4v) is 7.91. The zero-order chi connectivity index (χ0) is 28.5. The van der Waals surface area contributed by atoms with Crippen molar-refractivity contribution in [3.63, 3.8) is 0 Å². The third-order valence-corrected chi connectivity index (χ3v) is 10.1. The van der Waals surface area contributed by atoms with Crippen molar-refractivity contribution in [3.05, 3.63) is 103 Å². The fourth-order valence-electron chi connectivity index (χ4n) is 5.10. The maximum absolute atomic E-state index is 13.0. The lowest BCUT2D eigenvalue weighted by Gasteiger charge is -2.16. The summed E-state index contributed by atoms with van der Waals surface area (Å²) < 4.78 is 3.89. The number of benzene rings is 4. The van der Waals surface area contributed by atoms with Crippen LogP contribution in [0.1, 0.15) is 5.56 Å². The number of thiazole rings is 1. The Morgan fingerprint density at radius 2 is 1.64 bits per heavy atom. The van der Waals surface area contributed by atoms with Crippen LogP contribution in [-0.2, 0) is 16.0 Å². The van der Waals surface area contributed by atoms with Crippen LogP contribution < -0.4 is 10.2 Å². The van der Waals surface area contributed by atoms with E-state index in [1.165, 1.54) is 40.4 Å². The Hall–Kier alpha value is -4.12. The molecular weight excluding hydrogens is 583 g/mol. The van der Waals surface area contributed by atoms with Gasteiger partial charge >= 0.3 is 0 Å². The number of rotatable bonds is 8. The molecule has 0 spiro atoms. The molecule has 0 aliphatic carbocycles. The minimum Gasteiger partial charge on any atom is -0.325 e. The number of nitrogens with zero attached hydrogens (tertiary/aromatic N) is 4. The Labute approximate surface area is 255 Å². The number of carbonyl (C=O) groups excluding carboxylic acids is 2. The van der Waals surface area contributed by atoms with E-state index < -0.39 is 0 Å². The minimum absolute atomic E-state index is 0.0930. The van der Waals surface area contributed by atoms with Crippen molar-refractivity contribution < 1.29 is 9.59 Å². The van der Waals surface area contributed by atoms with Gasteiger partial charge in [-0.25, -0.2) is 9.97 Å². The zero-order valence-corrected chi connectivity index (χ0v) is 24.8. The van der Waals surface area contributed by atoms with Gasteiger partial charge in [-0.05, 0) is 60.5 Å². The van der Waals surface area contributed by atoms with E-state index in [1.54, 1.807) is 0 Å². The molecule has 1 aliphatic heterocycles. The first-order chi connectivity index (χ1) is 20.6. The van der Waals surface area contributed by atoms with Crippen LogP contribution >= 0.6 is 34.9 Å². The molecule has 3 heterocycles. The predicted octanol–water partition coefficient (Wildman–Crippen LogP) is 7.05. The maximum atomic E-state index is 13.0. The topological polar surface area (TPSA) is 80.1 Å². The van der Waals surface area contributed by atoms with Crippen molar-refractivity contribution in [2.75, 3.05) is 28.3 Å². The maximum Gasteiger partial charge on any atom is 0.237 e. The summed E-state index contributed by atoms with van der Waals surface area (Å²) in [7, 11) is 0. The van der Waals surface area contributed by atoms with Gasteiger partial charge in [0.05, 0.1) is 32.8 Å². The molecule has 1 aliphatic rings. The lowest BCUT2D eigenvalue weighted by molar-refractivity contribution is -0.116. The molecule has 2 aromatic heterocycles. The predicted molar refractivity (Wildman–Crippen MR) is 173 cm³/mol. The molecule has 1 N–H and O–H groups in total. The molecule has 6 aromatic rings.